The van der Waals surface area contributed by atoms with E-state index in [1.165, 1.54) is 18.2 Å². The summed E-state index contributed by atoms with van der Waals surface area (Å²) in [5.41, 5.74) is 5.52. The second-order valence-electron chi connectivity index (χ2n) is 4.68. The highest BCUT2D eigenvalue weighted by Gasteiger charge is 2.35. The Morgan fingerprint density at radius 3 is 2.48 bits per heavy atom. The zero-order valence-corrected chi connectivity index (χ0v) is 11.2. The summed E-state index contributed by atoms with van der Waals surface area (Å²) in [4.78, 5) is 13.5. The first-order chi connectivity index (χ1) is 9.88. The minimum absolute atomic E-state index is 0.129. The first kappa shape index (κ1) is 15.6. The zero-order chi connectivity index (χ0) is 15.5. The molecule has 0 aromatic heterocycles. The highest BCUT2D eigenvalue weighted by molar-refractivity contribution is 5.82. The van der Waals surface area contributed by atoms with Gasteiger partial charge in [-0.25, -0.2) is 0 Å². The maximum atomic E-state index is 12.5. The lowest BCUT2D eigenvalue weighted by molar-refractivity contribution is -0.275. The fraction of sp³-hybridized carbons (Fsp3) is 0.462. The number of piperazine rings is 1. The van der Waals surface area contributed by atoms with E-state index < -0.39 is 24.1 Å². The first-order valence-corrected chi connectivity index (χ1v) is 6.47. The lowest BCUT2D eigenvalue weighted by Gasteiger charge is -2.33. The average Bonchev–Trinajstić information content (AvgIpc) is 2.40. The van der Waals surface area contributed by atoms with Crippen LogP contribution in [0.3, 0.4) is 0 Å². The Kier molecular flexibility index (Phi) is 4.69. The predicted molar refractivity (Wildman–Crippen MR) is 69.5 cm³/mol. The molecule has 1 aromatic carbocycles. The Bertz CT molecular complexity index is 502. The number of nitrogens with one attached hydrogen (secondary N) is 1. The number of rotatable bonds is 4. The van der Waals surface area contributed by atoms with E-state index >= 15 is 0 Å². The lowest BCUT2D eigenvalue weighted by Crippen LogP contribution is -2.48. The molecule has 0 bridgehead atoms. The molecule has 2 rings (SSSR count). The zero-order valence-electron chi connectivity index (χ0n) is 11.2. The van der Waals surface area contributed by atoms with E-state index in [2.05, 4.69) is 10.1 Å². The predicted octanol–water partition coefficient (Wildman–Crippen LogP) is 1.02. The number of primary amides is 1. The number of amides is 1. The van der Waals surface area contributed by atoms with E-state index in [9.17, 15) is 18.0 Å². The van der Waals surface area contributed by atoms with Crippen molar-refractivity contribution in [3.05, 3.63) is 29.8 Å². The van der Waals surface area contributed by atoms with Crippen LogP contribution >= 0.6 is 0 Å². The Morgan fingerprint density at radius 1 is 1.29 bits per heavy atom. The number of carbonyl (C=O) groups excluding carboxylic acids is 1. The van der Waals surface area contributed by atoms with Crippen LogP contribution in [0.5, 0.6) is 5.75 Å². The largest absolute Gasteiger partial charge is 0.573 e. The van der Waals surface area contributed by atoms with Gasteiger partial charge in [0.2, 0.25) is 5.91 Å². The first-order valence-electron chi connectivity index (χ1n) is 6.47. The number of para-hydroxylation sites is 1. The molecule has 0 saturated carbocycles. The second kappa shape index (κ2) is 6.31. The molecule has 1 aromatic rings. The van der Waals surface area contributed by atoms with Gasteiger partial charge in [0.25, 0.3) is 0 Å². The van der Waals surface area contributed by atoms with Gasteiger partial charge in [-0.05, 0) is 6.07 Å². The Hall–Kier alpha value is -1.80. The number of hydrogen-bond donors (Lipinski definition) is 2. The van der Waals surface area contributed by atoms with Gasteiger partial charge >= 0.3 is 6.36 Å². The van der Waals surface area contributed by atoms with Gasteiger partial charge in [-0.1, -0.05) is 18.2 Å². The number of alkyl halides is 3. The number of nitrogens with zero attached hydrogens (tertiary/aromatic N) is 1. The van der Waals surface area contributed by atoms with Crippen LogP contribution in [0.4, 0.5) is 13.2 Å². The number of halogens is 3. The maximum absolute atomic E-state index is 12.5. The molecule has 1 aliphatic heterocycles. The Balaban J connectivity index is 2.33. The summed E-state index contributed by atoms with van der Waals surface area (Å²) < 4.78 is 41.4. The van der Waals surface area contributed by atoms with Gasteiger partial charge in [-0.3, -0.25) is 9.69 Å². The van der Waals surface area contributed by atoms with E-state index in [-0.39, 0.29) is 5.56 Å². The van der Waals surface area contributed by atoms with Gasteiger partial charge in [0.1, 0.15) is 11.8 Å². The molecule has 116 valence electrons. The topological polar surface area (TPSA) is 67.6 Å². The van der Waals surface area contributed by atoms with Crippen LogP contribution < -0.4 is 15.8 Å². The molecule has 1 saturated heterocycles. The number of ether oxygens (including phenoxy) is 1. The molecule has 1 amide bonds. The standard InChI is InChI=1S/C13H16F3N3O2/c14-13(15,16)21-10-4-2-1-3-9(10)11(12(17)20)19-7-5-18-6-8-19/h1-4,11,18H,5-8H2,(H2,17,20). The van der Waals surface area contributed by atoms with Crippen molar-refractivity contribution in [3.8, 4) is 5.75 Å². The molecule has 0 aliphatic carbocycles. The summed E-state index contributed by atoms with van der Waals surface area (Å²) in [6.45, 7) is 2.33. The van der Waals surface area contributed by atoms with E-state index in [4.69, 9.17) is 5.73 Å². The van der Waals surface area contributed by atoms with Crippen molar-refractivity contribution in [2.75, 3.05) is 26.2 Å². The van der Waals surface area contributed by atoms with Gasteiger partial charge < -0.3 is 15.8 Å². The monoisotopic (exact) mass is 303 g/mol. The Labute approximate surface area is 119 Å². The van der Waals surface area contributed by atoms with E-state index in [1.54, 1.807) is 11.0 Å². The van der Waals surface area contributed by atoms with Crippen molar-refractivity contribution in [1.82, 2.24) is 10.2 Å². The number of carbonyl (C=O) groups is 1. The normalized spacial score (nSPS) is 18.2. The van der Waals surface area contributed by atoms with Crippen molar-refractivity contribution in [1.29, 1.82) is 0 Å². The Morgan fingerprint density at radius 2 is 1.90 bits per heavy atom. The van der Waals surface area contributed by atoms with E-state index in [1.807, 2.05) is 0 Å². The SMILES string of the molecule is NC(=O)C(c1ccccc1OC(F)(F)F)N1CCNCC1. The van der Waals surface area contributed by atoms with Gasteiger partial charge in [0, 0.05) is 31.7 Å². The summed E-state index contributed by atoms with van der Waals surface area (Å²) in [7, 11) is 0. The van der Waals surface area contributed by atoms with Crippen LogP contribution in [0.15, 0.2) is 24.3 Å². The molecule has 0 spiro atoms. The average molecular weight is 303 g/mol. The highest BCUT2D eigenvalue weighted by atomic mass is 19.4. The maximum Gasteiger partial charge on any atom is 0.573 e. The van der Waals surface area contributed by atoms with Gasteiger partial charge in [0.05, 0.1) is 0 Å². The molecule has 1 aliphatic rings. The molecule has 1 heterocycles. The van der Waals surface area contributed by atoms with Crippen molar-refractivity contribution in [2.24, 2.45) is 5.73 Å². The quantitative estimate of drug-likeness (QED) is 0.871. The van der Waals surface area contributed by atoms with Crippen LogP contribution in [0.1, 0.15) is 11.6 Å². The number of nitrogens with two attached hydrogens (primary N) is 1. The van der Waals surface area contributed by atoms with E-state index in [0.717, 1.165) is 0 Å². The van der Waals surface area contributed by atoms with Crippen LogP contribution in [0, 0.1) is 0 Å². The lowest BCUT2D eigenvalue weighted by atomic mass is 10.0. The third-order valence-electron chi connectivity index (χ3n) is 3.23. The third-order valence-corrected chi connectivity index (χ3v) is 3.23. The summed E-state index contributed by atoms with van der Waals surface area (Å²) in [5.74, 6) is -1.09. The summed E-state index contributed by atoms with van der Waals surface area (Å²) >= 11 is 0. The van der Waals surface area contributed by atoms with E-state index in [0.29, 0.717) is 26.2 Å². The van der Waals surface area contributed by atoms with Gasteiger partial charge in [-0.2, -0.15) is 0 Å². The second-order valence-corrected chi connectivity index (χ2v) is 4.68. The molecule has 5 nitrogen and oxygen atoms in total. The van der Waals surface area contributed by atoms with Gasteiger partial charge in [0.15, 0.2) is 0 Å². The van der Waals surface area contributed by atoms with Gasteiger partial charge in [-0.15, -0.1) is 13.2 Å². The summed E-state index contributed by atoms with van der Waals surface area (Å²) in [5, 5.41) is 3.11. The smallest absolute Gasteiger partial charge is 0.405 e. The van der Waals surface area contributed by atoms with Crippen molar-refractivity contribution < 1.29 is 22.7 Å². The van der Waals surface area contributed by atoms with Crippen molar-refractivity contribution in [3.63, 3.8) is 0 Å². The summed E-state index contributed by atoms with van der Waals surface area (Å²) in [6.07, 6.45) is -4.82. The summed E-state index contributed by atoms with van der Waals surface area (Å²) in [6, 6.07) is 4.64. The van der Waals surface area contributed by atoms with Crippen molar-refractivity contribution >= 4 is 5.91 Å². The fourth-order valence-electron chi connectivity index (χ4n) is 2.39. The molecule has 21 heavy (non-hydrogen) atoms. The van der Waals surface area contributed by atoms with Crippen LogP contribution in [0.2, 0.25) is 0 Å². The number of hydrogen-bond acceptors (Lipinski definition) is 4. The fourth-order valence-corrected chi connectivity index (χ4v) is 2.39. The molecule has 1 unspecified atom stereocenters. The number of benzene rings is 1. The highest BCUT2D eigenvalue weighted by Crippen LogP contribution is 2.33. The molecule has 1 atom stereocenters. The van der Waals surface area contributed by atoms with Crippen LogP contribution in [-0.4, -0.2) is 43.3 Å². The third kappa shape index (κ3) is 4.08. The van der Waals surface area contributed by atoms with Crippen LogP contribution in [0.25, 0.3) is 0 Å². The molecular weight excluding hydrogens is 287 g/mol. The molecule has 1 fully saturated rings. The molecule has 3 N–H and O–H groups in total. The van der Waals surface area contributed by atoms with Crippen molar-refractivity contribution in [2.45, 2.75) is 12.4 Å². The minimum Gasteiger partial charge on any atom is -0.405 e. The molecule has 0 radical (unpaired) electrons. The molecular formula is C13H16F3N3O2. The molecule has 8 heteroatoms. The minimum atomic E-state index is -4.82. The van der Waals surface area contributed by atoms with Crippen LogP contribution in [-0.2, 0) is 4.79 Å².